The fourth-order valence-corrected chi connectivity index (χ4v) is 1.88. The number of rotatable bonds is 1. The van der Waals surface area contributed by atoms with Gasteiger partial charge in [0.15, 0.2) is 0 Å². The monoisotopic (exact) mass is 216 g/mol. The maximum absolute atomic E-state index is 6.05. The summed E-state index contributed by atoms with van der Waals surface area (Å²) < 4.78 is 0. The topological polar surface area (TPSA) is 38.0 Å². The lowest BCUT2D eigenvalue weighted by atomic mass is 9.98. The van der Waals surface area contributed by atoms with Crippen LogP contribution in [0.4, 0.5) is 5.69 Å². The molecular formula is C9H10Cl2N2. The van der Waals surface area contributed by atoms with Gasteiger partial charge in [-0.3, -0.25) is 0 Å². The van der Waals surface area contributed by atoms with Crippen molar-refractivity contribution in [1.82, 2.24) is 5.32 Å². The number of nitrogens with two attached hydrogens (primary N) is 1. The number of hydrogen-bond acceptors (Lipinski definition) is 2. The first kappa shape index (κ1) is 9.13. The average Bonchev–Trinajstić information content (AvgIpc) is 2.03. The van der Waals surface area contributed by atoms with E-state index >= 15 is 0 Å². The molecule has 2 rings (SSSR count). The molecule has 70 valence electrons. The predicted molar refractivity (Wildman–Crippen MR) is 56.2 cm³/mol. The van der Waals surface area contributed by atoms with Crippen molar-refractivity contribution in [2.24, 2.45) is 0 Å². The lowest BCUT2D eigenvalue weighted by Crippen LogP contribution is -2.35. The van der Waals surface area contributed by atoms with Gasteiger partial charge < -0.3 is 11.1 Å². The largest absolute Gasteiger partial charge is 0.397 e. The van der Waals surface area contributed by atoms with E-state index in [0.717, 1.165) is 18.5 Å². The summed E-state index contributed by atoms with van der Waals surface area (Å²) in [5, 5.41) is 4.31. The first-order valence-corrected chi connectivity index (χ1v) is 4.92. The van der Waals surface area contributed by atoms with E-state index in [9.17, 15) is 0 Å². The van der Waals surface area contributed by atoms with Gasteiger partial charge in [0.1, 0.15) is 0 Å². The molecule has 0 aromatic heterocycles. The summed E-state index contributed by atoms with van der Waals surface area (Å²) in [5.74, 6) is 0. The molecule has 13 heavy (non-hydrogen) atoms. The minimum absolute atomic E-state index is 0.352. The van der Waals surface area contributed by atoms with Crippen LogP contribution < -0.4 is 11.1 Å². The van der Waals surface area contributed by atoms with Crippen LogP contribution >= 0.6 is 23.2 Å². The molecule has 0 radical (unpaired) electrons. The summed E-state index contributed by atoms with van der Waals surface area (Å²) >= 11 is 12.0. The first-order chi connectivity index (χ1) is 6.20. The highest BCUT2D eigenvalue weighted by atomic mass is 35.5. The summed E-state index contributed by atoms with van der Waals surface area (Å²) in [7, 11) is 0. The molecule has 0 aliphatic carbocycles. The van der Waals surface area contributed by atoms with E-state index < -0.39 is 0 Å². The molecule has 0 spiro atoms. The Balaban J connectivity index is 2.41. The molecule has 1 aliphatic rings. The van der Waals surface area contributed by atoms with Gasteiger partial charge in [-0.25, -0.2) is 0 Å². The Hall–Kier alpha value is -0.440. The van der Waals surface area contributed by atoms with Crippen molar-refractivity contribution in [2.75, 3.05) is 12.3 Å². The minimum Gasteiger partial charge on any atom is -0.397 e. The van der Waals surface area contributed by atoms with Gasteiger partial charge in [0.2, 0.25) is 0 Å². The highest BCUT2D eigenvalue weighted by Gasteiger charge is 2.22. The molecule has 1 fully saturated rings. The molecule has 3 N–H and O–H groups in total. The number of anilines is 1. The first-order valence-electron chi connectivity index (χ1n) is 4.17. The van der Waals surface area contributed by atoms with Crippen LogP contribution in [0.2, 0.25) is 10.0 Å². The van der Waals surface area contributed by atoms with E-state index in [2.05, 4.69) is 5.32 Å². The van der Waals surface area contributed by atoms with Gasteiger partial charge in [-0.15, -0.1) is 0 Å². The van der Waals surface area contributed by atoms with Gasteiger partial charge in [-0.05, 0) is 24.6 Å². The van der Waals surface area contributed by atoms with Crippen molar-refractivity contribution < 1.29 is 0 Å². The molecule has 2 nitrogen and oxygen atoms in total. The lowest BCUT2D eigenvalue weighted by Gasteiger charge is -2.29. The second-order valence-electron chi connectivity index (χ2n) is 3.17. The normalized spacial score (nSPS) is 21.2. The molecule has 4 heteroatoms. The van der Waals surface area contributed by atoms with Gasteiger partial charge >= 0.3 is 0 Å². The molecule has 0 unspecified atom stereocenters. The second-order valence-corrected chi connectivity index (χ2v) is 3.92. The van der Waals surface area contributed by atoms with Crippen molar-refractivity contribution in [3.8, 4) is 0 Å². The van der Waals surface area contributed by atoms with E-state index in [1.807, 2.05) is 6.07 Å². The molecule has 1 aromatic carbocycles. The second kappa shape index (κ2) is 3.37. The van der Waals surface area contributed by atoms with Crippen molar-refractivity contribution >= 4 is 28.9 Å². The van der Waals surface area contributed by atoms with Gasteiger partial charge in [-0.2, -0.15) is 0 Å². The van der Waals surface area contributed by atoms with E-state index in [1.165, 1.54) is 0 Å². The van der Waals surface area contributed by atoms with E-state index in [-0.39, 0.29) is 0 Å². The maximum Gasteiger partial charge on any atom is 0.0824 e. The average molecular weight is 217 g/mol. The number of hydrogen-bond donors (Lipinski definition) is 2. The number of nitrogens with one attached hydrogen (secondary N) is 1. The van der Waals surface area contributed by atoms with Crippen LogP contribution in [0.3, 0.4) is 0 Å². The quantitative estimate of drug-likeness (QED) is 0.709. The summed E-state index contributed by atoms with van der Waals surface area (Å²) in [6, 6.07) is 4.08. The summed E-state index contributed by atoms with van der Waals surface area (Å²) in [5.41, 5.74) is 7.20. The Morgan fingerprint density at radius 1 is 1.31 bits per heavy atom. The van der Waals surface area contributed by atoms with Crippen molar-refractivity contribution in [2.45, 2.75) is 12.5 Å². The number of halogens is 2. The van der Waals surface area contributed by atoms with Crippen LogP contribution in [0.1, 0.15) is 18.0 Å². The minimum atomic E-state index is 0.352. The smallest absolute Gasteiger partial charge is 0.0824 e. The third kappa shape index (κ3) is 1.50. The lowest BCUT2D eigenvalue weighted by molar-refractivity contribution is 0.383. The predicted octanol–water partition coefficient (Wildman–Crippen LogP) is 2.61. The standard InChI is InChI=1S/C9H10Cl2N2/c10-8-5(7-3-4-13-7)1-2-6(12)9(8)11/h1-2,7,13H,3-4,12H2/t7-/m1/s1. The van der Waals surface area contributed by atoms with Crippen molar-refractivity contribution in [1.29, 1.82) is 0 Å². The molecule has 1 aromatic rings. The zero-order valence-corrected chi connectivity index (χ0v) is 8.49. The highest BCUT2D eigenvalue weighted by Crippen LogP contribution is 2.36. The van der Waals surface area contributed by atoms with Crippen LogP contribution in [0.5, 0.6) is 0 Å². The molecule has 1 saturated heterocycles. The van der Waals surface area contributed by atoms with Crippen LogP contribution in [0, 0.1) is 0 Å². The summed E-state index contributed by atoms with van der Waals surface area (Å²) in [6.07, 6.45) is 1.11. The Kier molecular flexibility index (Phi) is 2.37. The molecule has 1 atom stereocenters. The third-order valence-corrected chi connectivity index (χ3v) is 3.25. The molecule has 0 amide bonds. The molecule has 0 bridgehead atoms. The summed E-state index contributed by atoms with van der Waals surface area (Å²) in [4.78, 5) is 0. The zero-order chi connectivity index (χ0) is 9.42. The number of nitrogen functional groups attached to an aromatic ring is 1. The molecule has 1 aliphatic heterocycles. The third-order valence-electron chi connectivity index (χ3n) is 2.34. The molecular weight excluding hydrogens is 207 g/mol. The Bertz CT molecular complexity index is 335. The summed E-state index contributed by atoms with van der Waals surface area (Å²) in [6.45, 7) is 1.04. The van der Waals surface area contributed by atoms with E-state index in [1.54, 1.807) is 6.07 Å². The van der Waals surface area contributed by atoms with Gasteiger partial charge in [-0.1, -0.05) is 29.3 Å². The van der Waals surface area contributed by atoms with Crippen LogP contribution in [0.15, 0.2) is 12.1 Å². The van der Waals surface area contributed by atoms with E-state index in [4.69, 9.17) is 28.9 Å². The fourth-order valence-electron chi connectivity index (χ4n) is 1.40. The van der Waals surface area contributed by atoms with Crippen LogP contribution in [0.25, 0.3) is 0 Å². The number of benzene rings is 1. The zero-order valence-electron chi connectivity index (χ0n) is 6.98. The Labute approximate surface area is 87.0 Å². The van der Waals surface area contributed by atoms with E-state index in [0.29, 0.717) is 21.8 Å². The van der Waals surface area contributed by atoms with Gasteiger partial charge in [0.25, 0.3) is 0 Å². The molecule has 1 heterocycles. The SMILES string of the molecule is Nc1ccc([C@H]2CCN2)c(Cl)c1Cl. The van der Waals surface area contributed by atoms with Crippen molar-refractivity contribution in [3.05, 3.63) is 27.7 Å². The van der Waals surface area contributed by atoms with Gasteiger partial charge in [0.05, 0.1) is 15.7 Å². The molecule has 0 saturated carbocycles. The Morgan fingerprint density at radius 3 is 2.54 bits per heavy atom. The highest BCUT2D eigenvalue weighted by molar-refractivity contribution is 6.44. The van der Waals surface area contributed by atoms with Crippen LogP contribution in [-0.2, 0) is 0 Å². The van der Waals surface area contributed by atoms with Crippen molar-refractivity contribution in [3.63, 3.8) is 0 Å². The van der Waals surface area contributed by atoms with Crippen LogP contribution in [-0.4, -0.2) is 6.54 Å². The fraction of sp³-hybridized carbons (Fsp3) is 0.333. The maximum atomic E-state index is 6.05. The van der Waals surface area contributed by atoms with Gasteiger partial charge in [0, 0.05) is 6.04 Å². The Morgan fingerprint density at radius 2 is 2.00 bits per heavy atom.